The number of anilines is 2. The summed E-state index contributed by atoms with van der Waals surface area (Å²) in [4.78, 5) is 40.3. The summed E-state index contributed by atoms with van der Waals surface area (Å²) in [6, 6.07) is 13.4. The van der Waals surface area contributed by atoms with Gasteiger partial charge in [-0.3, -0.25) is 9.59 Å². The summed E-state index contributed by atoms with van der Waals surface area (Å²) in [6.07, 6.45) is 6.63. The van der Waals surface area contributed by atoms with Crippen molar-refractivity contribution >= 4 is 34.4 Å². The Morgan fingerprint density at radius 2 is 2.05 bits per heavy atom. The number of nitrogens with zero attached hydrogens (tertiary/aromatic N) is 3. The number of aromatic amines is 1. The van der Waals surface area contributed by atoms with Gasteiger partial charge < -0.3 is 25.3 Å². The van der Waals surface area contributed by atoms with E-state index in [9.17, 15) is 9.59 Å². The van der Waals surface area contributed by atoms with E-state index in [0.29, 0.717) is 43.3 Å². The van der Waals surface area contributed by atoms with Gasteiger partial charge in [0, 0.05) is 61.3 Å². The Bertz CT molecular complexity index is 1540. The quantitative estimate of drug-likeness (QED) is 0.339. The van der Waals surface area contributed by atoms with Crippen molar-refractivity contribution in [1.29, 1.82) is 0 Å². The number of benzene rings is 1. The van der Waals surface area contributed by atoms with Crippen molar-refractivity contribution in [1.82, 2.24) is 19.9 Å². The van der Waals surface area contributed by atoms with Crippen molar-refractivity contribution in [2.45, 2.75) is 51.3 Å². The molecule has 3 aromatic heterocycles. The highest BCUT2D eigenvalue weighted by Crippen LogP contribution is 2.36. The van der Waals surface area contributed by atoms with Gasteiger partial charge in [0.15, 0.2) is 0 Å². The number of nitrogens with one attached hydrogen (secondary N) is 3. The lowest BCUT2D eigenvalue weighted by atomic mass is 9.78. The van der Waals surface area contributed by atoms with Crippen molar-refractivity contribution in [3.8, 4) is 0 Å². The van der Waals surface area contributed by atoms with Gasteiger partial charge in [0.25, 0.3) is 11.8 Å². The van der Waals surface area contributed by atoms with Gasteiger partial charge in [0.2, 0.25) is 0 Å². The molecule has 2 amide bonds. The minimum absolute atomic E-state index is 0.0536. The molecule has 0 unspecified atom stereocenters. The molecule has 2 aliphatic rings. The standard InChI is InChI=1S/C30H32N6O3/c1-30(2)18-36(29(38)25-6-4-14-39-25)17-20-15-21(7-8-24(20)30)35-28(37)23-5-3-11-31-27(23)34-16-19-9-12-32-26-22(19)10-13-33-26/h3,5,7-13,15,25H,4,6,14,16-18H2,1-2H3,(H,31,34)(H,32,33)(H,35,37)/t25-/m1/s1. The Labute approximate surface area is 227 Å². The number of carbonyl (C=O) groups is 2. The van der Waals surface area contributed by atoms with Crippen LogP contribution in [-0.2, 0) is 28.0 Å². The number of pyridine rings is 2. The van der Waals surface area contributed by atoms with E-state index in [1.165, 1.54) is 5.56 Å². The molecule has 9 heteroatoms. The Morgan fingerprint density at radius 3 is 2.90 bits per heavy atom. The van der Waals surface area contributed by atoms with Crippen molar-refractivity contribution in [2.75, 3.05) is 23.8 Å². The molecular weight excluding hydrogens is 492 g/mol. The molecule has 5 heterocycles. The Kier molecular flexibility index (Phi) is 6.52. The lowest BCUT2D eigenvalue weighted by Crippen LogP contribution is -2.48. The third kappa shape index (κ3) is 4.97. The third-order valence-electron chi connectivity index (χ3n) is 7.61. The first-order chi connectivity index (χ1) is 18.9. The summed E-state index contributed by atoms with van der Waals surface area (Å²) < 4.78 is 5.66. The van der Waals surface area contributed by atoms with E-state index >= 15 is 0 Å². The summed E-state index contributed by atoms with van der Waals surface area (Å²) in [5, 5.41) is 7.38. The molecule has 200 valence electrons. The molecule has 9 nitrogen and oxygen atoms in total. The van der Waals surface area contributed by atoms with Crippen LogP contribution in [-0.4, -0.2) is 50.9 Å². The maximum Gasteiger partial charge on any atom is 0.259 e. The van der Waals surface area contributed by atoms with Crippen LogP contribution in [0.5, 0.6) is 0 Å². The zero-order valence-electron chi connectivity index (χ0n) is 22.2. The molecule has 4 aromatic rings. The highest BCUT2D eigenvalue weighted by molar-refractivity contribution is 6.07. The molecule has 1 atom stereocenters. The van der Waals surface area contributed by atoms with E-state index in [1.54, 1.807) is 24.5 Å². The van der Waals surface area contributed by atoms with E-state index < -0.39 is 0 Å². The molecule has 1 fully saturated rings. The van der Waals surface area contributed by atoms with Crippen LogP contribution >= 0.6 is 0 Å². The number of ether oxygens (including phenoxy) is 1. The van der Waals surface area contributed by atoms with E-state index in [1.807, 2.05) is 35.4 Å². The predicted molar refractivity (Wildman–Crippen MR) is 149 cm³/mol. The van der Waals surface area contributed by atoms with Gasteiger partial charge in [0.1, 0.15) is 17.6 Å². The molecule has 3 N–H and O–H groups in total. The van der Waals surface area contributed by atoms with Crippen LogP contribution in [0.15, 0.2) is 61.1 Å². The van der Waals surface area contributed by atoms with Crippen molar-refractivity contribution in [3.63, 3.8) is 0 Å². The van der Waals surface area contributed by atoms with Gasteiger partial charge in [0.05, 0.1) is 5.56 Å². The van der Waals surface area contributed by atoms with Crippen molar-refractivity contribution in [2.24, 2.45) is 0 Å². The molecule has 0 radical (unpaired) electrons. The minimum Gasteiger partial charge on any atom is -0.368 e. The summed E-state index contributed by atoms with van der Waals surface area (Å²) in [7, 11) is 0. The van der Waals surface area contributed by atoms with E-state index in [0.717, 1.165) is 35.0 Å². The summed E-state index contributed by atoms with van der Waals surface area (Å²) in [6.45, 7) is 6.58. The number of aromatic nitrogens is 3. The zero-order chi connectivity index (χ0) is 27.0. The van der Waals surface area contributed by atoms with Crippen LogP contribution in [0.4, 0.5) is 11.5 Å². The molecule has 0 spiro atoms. The maximum atomic E-state index is 13.4. The van der Waals surface area contributed by atoms with Gasteiger partial charge in [-0.25, -0.2) is 9.97 Å². The van der Waals surface area contributed by atoms with E-state index in [2.05, 4.69) is 45.5 Å². The molecule has 2 aliphatic heterocycles. The number of carbonyl (C=O) groups excluding carboxylic acids is 2. The molecule has 6 rings (SSSR count). The van der Waals surface area contributed by atoms with Gasteiger partial charge in [-0.1, -0.05) is 19.9 Å². The number of fused-ring (bicyclic) bond motifs is 2. The van der Waals surface area contributed by atoms with Gasteiger partial charge in [-0.15, -0.1) is 0 Å². The SMILES string of the molecule is CC1(C)CN(C(=O)[C@H]2CCCO2)Cc2cc(NC(=O)c3cccnc3NCc3ccnc4[nH]ccc34)ccc21. The first-order valence-corrected chi connectivity index (χ1v) is 13.3. The topological polar surface area (TPSA) is 112 Å². The second-order valence-electron chi connectivity index (χ2n) is 10.9. The largest absolute Gasteiger partial charge is 0.368 e. The van der Waals surface area contributed by atoms with Crippen LogP contribution in [0.2, 0.25) is 0 Å². The fourth-order valence-corrected chi connectivity index (χ4v) is 5.70. The summed E-state index contributed by atoms with van der Waals surface area (Å²) in [5.74, 6) is 0.301. The maximum absolute atomic E-state index is 13.4. The van der Waals surface area contributed by atoms with Crippen LogP contribution in [0.1, 0.15) is 53.7 Å². The number of hydrogen-bond acceptors (Lipinski definition) is 6. The fraction of sp³-hybridized carbons (Fsp3) is 0.333. The number of hydrogen-bond donors (Lipinski definition) is 3. The second kappa shape index (κ2) is 10.1. The van der Waals surface area contributed by atoms with Gasteiger partial charge in [-0.05, 0) is 65.9 Å². The number of amides is 2. The van der Waals surface area contributed by atoms with Crippen LogP contribution in [0.3, 0.4) is 0 Å². The molecule has 39 heavy (non-hydrogen) atoms. The zero-order valence-corrected chi connectivity index (χ0v) is 22.2. The van der Waals surface area contributed by atoms with Crippen LogP contribution < -0.4 is 10.6 Å². The second-order valence-corrected chi connectivity index (χ2v) is 10.9. The highest BCUT2D eigenvalue weighted by Gasteiger charge is 2.37. The molecule has 1 aromatic carbocycles. The summed E-state index contributed by atoms with van der Waals surface area (Å²) in [5.41, 5.74) is 5.02. The predicted octanol–water partition coefficient (Wildman–Crippen LogP) is 4.62. The van der Waals surface area contributed by atoms with Crippen molar-refractivity contribution < 1.29 is 14.3 Å². The lowest BCUT2D eigenvalue weighted by Gasteiger charge is -2.41. The third-order valence-corrected chi connectivity index (χ3v) is 7.61. The first kappa shape index (κ1) is 25.1. The Hall–Kier alpha value is -4.24. The highest BCUT2D eigenvalue weighted by atomic mass is 16.5. The molecule has 0 saturated carbocycles. The van der Waals surface area contributed by atoms with E-state index in [-0.39, 0.29) is 23.3 Å². The molecule has 0 aliphatic carbocycles. The van der Waals surface area contributed by atoms with Crippen molar-refractivity contribution in [3.05, 3.63) is 83.3 Å². The molecule has 1 saturated heterocycles. The molecule has 0 bridgehead atoms. The normalized spacial score (nSPS) is 18.1. The smallest absolute Gasteiger partial charge is 0.259 e. The first-order valence-electron chi connectivity index (χ1n) is 13.3. The Morgan fingerprint density at radius 1 is 1.15 bits per heavy atom. The average Bonchev–Trinajstić information content (AvgIpc) is 3.64. The van der Waals surface area contributed by atoms with Crippen LogP contribution in [0.25, 0.3) is 11.0 Å². The van der Waals surface area contributed by atoms with E-state index in [4.69, 9.17) is 4.74 Å². The van der Waals surface area contributed by atoms with Gasteiger partial charge in [-0.2, -0.15) is 0 Å². The molecular formula is C30H32N6O3. The lowest BCUT2D eigenvalue weighted by molar-refractivity contribution is -0.142. The number of rotatable bonds is 6. The summed E-state index contributed by atoms with van der Waals surface area (Å²) >= 11 is 0. The monoisotopic (exact) mass is 524 g/mol. The number of H-pyrrole nitrogens is 1. The average molecular weight is 525 g/mol. The fourth-order valence-electron chi connectivity index (χ4n) is 5.70. The minimum atomic E-state index is -0.345. The Balaban J connectivity index is 1.19. The van der Waals surface area contributed by atoms with Crippen LogP contribution in [0, 0.1) is 0 Å². The van der Waals surface area contributed by atoms with Gasteiger partial charge >= 0.3 is 0 Å².